The summed E-state index contributed by atoms with van der Waals surface area (Å²) >= 11 is 12.0. The summed E-state index contributed by atoms with van der Waals surface area (Å²) in [6, 6.07) is 0. The highest BCUT2D eigenvalue weighted by Crippen LogP contribution is 2.33. The van der Waals surface area contributed by atoms with Gasteiger partial charge in [-0.2, -0.15) is 0 Å². The lowest BCUT2D eigenvalue weighted by Gasteiger charge is -2.26. The standard InChI is InChI=1S/C8H10Cl2N2/c1-8(10)11-6-4-2-3-5(6)7(9)12-8/h11H,2-4H2,1H3. The van der Waals surface area contributed by atoms with Gasteiger partial charge in [0, 0.05) is 11.3 Å². The van der Waals surface area contributed by atoms with Gasteiger partial charge < -0.3 is 5.32 Å². The van der Waals surface area contributed by atoms with Crippen LogP contribution in [-0.2, 0) is 0 Å². The number of hydrogen-bond acceptors (Lipinski definition) is 2. The van der Waals surface area contributed by atoms with Crippen LogP contribution in [0.5, 0.6) is 0 Å². The number of halogens is 2. The highest BCUT2D eigenvalue weighted by Gasteiger charge is 2.30. The molecule has 0 aromatic carbocycles. The zero-order valence-corrected chi connectivity index (χ0v) is 8.34. The van der Waals surface area contributed by atoms with E-state index in [1.807, 2.05) is 0 Å². The third-order valence-electron chi connectivity index (χ3n) is 2.15. The molecule has 1 aliphatic carbocycles. The van der Waals surface area contributed by atoms with Gasteiger partial charge >= 0.3 is 0 Å². The van der Waals surface area contributed by atoms with Crippen LogP contribution in [0.25, 0.3) is 0 Å². The van der Waals surface area contributed by atoms with Crippen molar-refractivity contribution in [3.63, 3.8) is 0 Å². The largest absolute Gasteiger partial charge is 0.352 e. The average molecular weight is 205 g/mol. The van der Waals surface area contributed by atoms with E-state index in [1.165, 1.54) is 5.70 Å². The molecule has 4 heteroatoms. The van der Waals surface area contributed by atoms with Crippen LogP contribution in [0.4, 0.5) is 0 Å². The Balaban J connectivity index is 2.35. The van der Waals surface area contributed by atoms with Crippen LogP contribution in [0.2, 0.25) is 0 Å². The number of allylic oxidation sites excluding steroid dienone is 2. The fraction of sp³-hybridized carbons (Fsp3) is 0.625. The van der Waals surface area contributed by atoms with Crippen LogP contribution in [0.1, 0.15) is 26.2 Å². The molecule has 0 aromatic heterocycles. The molecular formula is C8H10Cl2N2. The van der Waals surface area contributed by atoms with E-state index in [-0.39, 0.29) is 0 Å². The summed E-state index contributed by atoms with van der Waals surface area (Å²) in [6.07, 6.45) is 3.22. The number of rotatable bonds is 0. The van der Waals surface area contributed by atoms with Crippen molar-refractivity contribution in [3.05, 3.63) is 11.3 Å². The van der Waals surface area contributed by atoms with E-state index in [4.69, 9.17) is 23.2 Å². The number of hydrogen-bond donors (Lipinski definition) is 1. The molecule has 1 heterocycles. The van der Waals surface area contributed by atoms with Gasteiger partial charge in [0.25, 0.3) is 0 Å². The lowest BCUT2D eigenvalue weighted by atomic mass is 10.2. The van der Waals surface area contributed by atoms with Crippen molar-refractivity contribution < 1.29 is 0 Å². The Kier molecular flexibility index (Phi) is 1.85. The van der Waals surface area contributed by atoms with E-state index < -0.39 is 5.12 Å². The van der Waals surface area contributed by atoms with Crippen molar-refractivity contribution >= 4 is 28.4 Å². The second-order valence-corrected chi connectivity index (χ2v) is 4.39. The van der Waals surface area contributed by atoms with Gasteiger partial charge in [0.1, 0.15) is 5.17 Å². The van der Waals surface area contributed by atoms with Crippen molar-refractivity contribution in [3.8, 4) is 0 Å². The molecule has 0 spiro atoms. The maximum absolute atomic E-state index is 6.02. The van der Waals surface area contributed by atoms with Gasteiger partial charge in [-0.05, 0) is 26.2 Å². The monoisotopic (exact) mass is 204 g/mol. The van der Waals surface area contributed by atoms with Crippen molar-refractivity contribution in [1.29, 1.82) is 0 Å². The topological polar surface area (TPSA) is 24.4 Å². The molecule has 0 saturated heterocycles. The van der Waals surface area contributed by atoms with E-state index >= 15 is 0 Å². The van der Waals surface area contributed by atoms with Gasteiger partial charge in [0.2, 0.25) is 5.12 Å². The summed E-state index contributed by atoms with van der Waals surface area (Å²) in [6.45, 7) is 1.80. The summed E-state index contributed by atoms with van der Waals surface area (Å²) < 4.78 is 0. The molecule has 12 heavy (non-hydrogen) atoms. The molecular weight excluding hydrogens is 195 g/mol. The van der Waals surface area contributed by atoms with Crippen molar-refractivity contribution in [2.24, 2.45) is 4.99 Å². The molecule has 0 fully saturated rings. The SMILES string of the molecule is CC1(Cl)N=C(Cl)C2=C(CCC2)N1. The normalized spacial score (nSPS) is 34.4. The first-order chi connectivity index (χ1) is 5.58. The lowest BCUT2D eigenvalue weighted by Crippen LogP contribution is -2.38. The minimum absolute atomic E-state index is 0.582. The third-order valence-corrected chi connectivity index (χ3v) is 2.65. The average Bonchev–Trinajstić information content (AvgIpc) is 2.31. The van der Waals surface area contributed by atoms with E-state index in [1.54, 1.807) is 6.92 Å². The Labute approximate surface area is 81.6 Å². The van der Waals surface area contributed by atoms with E-state index in [2.05, 4.69) is 10.3 Å². The minimum Gasteiger partial charge on any atom is -0.352 e. The lowest BCUT2D eigenvalue weighted by molar-refractivity contribution is 0.556. The van der Waals surface area contributed by atoms with Crippen LogP contribution in [-0.4, -0.2) is 10.3 Å². The molecule has 1 aliphatic heterocycles. The Morgan fingerprint density at radius 3 is 3.00 bits per heavy atom. The fourth-order valence-electron chi connectivity index (χ4n) is 1.66. The van der Waals surface area contributed by atoms with Crippen molar-refractivity contribution in [2.75, 3.05) is 0 Å². The Bertz CT molecular complexity index is 279. The number of nitrogens with zero attached hydrogens (tertiary/aromatic N) is 1. The van der Waals surface area contributed by atoms with Crippen LogP contribution in [0.3, 0.4) is 0 Å². The zero-order chi connectivity index (χ0) is 8.77. The number of alkyl halides is 1. The first-order valence-electron chi connectivity index (χ1n) is 4.03. The Hall–Kier alpha value is -0.210. The summed E-state index contributed by atoms with van der Waals surface area (Å²) in [4.78, 5) is 4.14. The van der Waals surface area contributed by atoms with Crippen LogP contribution in [0, 0.1) is 0 Å². The second-order valence-electron chi connectivity index (χ2n) is 3.29. The Morgan fingerprint density at radius 1 is 1.50 bits per heavy atom. The van der Waals surface area contributed by atoms with Crippen LogP contribution in [0.15, 0.2) is 16.3 Å². The molecule has 0 radical (unpaired) electrons. The molecule has 0 amide bonds. The molecule has 2 aliphatic rings. The third kappa shape index (κ3) is 1.34. The number of aliphatic imine (C=N–C) groups is 1. The molecule has 0 saturated carbocycles. The van der Waals surface area contributed by atoms with Crippen molar-refractivity contribution in [1.82, 2.24) is 5.32 Å². The first-order valence-corrected chi connectivity index (χ1v) is 4.79. The van der Waals surface area contributed by atoms with E-state index in [0.717, 1.165) is 24.8 Å². The maximum Gasteiger partial charge on any atom is 0.204 e. The molecule has 2 rings (SSSR count). The maximum atomic E-state index is 6.02. The van der Waals surface area contributed by atoms with Crippen LogP contribution >= 0.6 is 23.2 Å². The second kappa shape index (κ2) is 2.64. The zero-order valence-electron chi connectivity index (χ0n) is 6.82. The van der Waals surface area contributed by atoms with E-state index in [0.29, 0.717) is 5.17 Å². The Morgan fingerprint density at radius 2 is 2.25 bits per heavy atom. The summed E-state index contributed by atoms with van der Waals surface area (Å²) in [5, 5.41) is 3.00. The molecule has 1 unspecified atom stereocenters. The van der Waals surface area contributed by atoms with Gasteiger partial charge in [-0.3, -0.25) is 0 Å². The summed E-state index contributed by atoms with van der Waals surface area (Å²) in [5.41, 5.74) is 2.32. The predicted molar refractivity (Wildman–Crippen MR) is 51.6 cm³/mol. The van der Waals surface area contributed by atoms with Gasteiger partial charge in [0.05, 0.1) is 0 Å². The highest BCUT2D eigenvalue weighted by atomic mass is 35.5. The van der Waals surface area contributed by atoms with Gasteiger partial charge in [-0.1, -0.05) is 23.2 Å². The molecule has 2 nitrogen and oxygen atoms in total. The van der Waals surface area contributed by atoms with Crippen molar-refractivity contribution in [2.45, 2.75) is 31.3 Å². The van der Waals surface area contributed by atoms with Crippen LogP contribution < -0.4 is 5.32 Å². The number of nitrogens with one attached hydrogen (secondary N) is 1. The summed E-state index contributed by atoms with van der Waals surface area (Å²) in [7, 11) is 0. The fourth-order valence-corrected chi connectivity index (χ4v) is 2.28. The molecule has 1 N–H and O–H groups in total. The highest BCUT2D eigenvalue weighted by molar-refractivity contribution is 6.70. The molecule has 1 atom stereocenters. The quantitative estimate of drug-likeness (QED) is 0.477. The van der Waals surface area contributed by atoms with Gasteiger partial charge in [-0.25, -0.2) is 4.99 Å². The molecule has 0 aromatic rings. The van der Waals surface area contributed by atoms with Gasteiger partial charge in [0.15, 0.2) is 0 Å². The predicted octanol–water partition coefficient (Wildman–Crippen LogP) is 2.58. The van der Waals surface area contributed by atoms with E-state index in [9.17, 15) is 0 Å². The molecule has 0 bridgehead atoms. The first kappa shape index (κ1) is 8.39. The van der Waals surface area contributed by atoms with Gasteiger partial charge in [-0.15, -0.1) is 0 Å². The molecule has 66 valence electrons. The summed E-state index contributed by atoms with van der Waals surface area (Å²) in [5.74, 6) is 0. The smallest absolute Gasteiger partial charge is 0.204 e. The minimum atomic E-state index is -0.736.